The molecule has 2 rings (SSSR count). The first kappa shape index (κ1) is 16.9. The minimum Gasteiger partial charge on any atom is -0.508 e. The molecule has 23 heavy (non-hydrogen) atoms. The molecule has 0 aliphatic rings. The molecule has 0 saturated carbocycles. The van der Waals surface area contributed by atoms with Crippen LogP contribution in [0.2, 0.25) is 0 Å². The van der Waals surface area contributed by atoms with E-state index < -0.39 is 6.10 Å². The molecule has 0 radical (unpaired) electrons. The fourth-order valence-electron chi connectivity index (χ4n) is 2.29. The number of aliphatic hydroxyl groups excluding tert-OH is 1. The number of hydrogen-bond acceptors (Lipinski definition) is 4. The molecular weight excluding hydrogens is 290 g/mol. The van der Waals surface area contributed by atoms with Crippen molar-refractivity contribution in [2.75, 3.05) is 18.5 Å². The molecular formula is C19H23NO3. The van der Waals surface area contributed by atoms with Gasteiger partial charge in [-0.3, -0.25) is 0 Å². The van der Waals surface area contributed by atoms with Gasteiger partial charge in [-0.15, -0.1) is 6.58 Å². The number of phenols is 1. The van der Waals surface area contributed by atoms with Crippen LogP contribution in [0.15, 0.2) is 55.1 Å². The van der Waals surface area contributed by atoms with Gasteiger partial charge in [0, 0.05) is 12.2 Å². The molecule has 0 aliphatic heterocycles. The van der Waals surface area contributed by atoms with Crippen molar-refractivity contribution in [3.05, 3.63) is 66.2 Å². The van der Waals surface area contributed by atoms with Crippen LogP contribution < -0.4 is 10.1 Å². The number of rotatable bonds is 8. The molecule has 4 heteroatoms. The summed E-state index contributed by atoms with van der Waals surface area (Å²) in [6.07, 6.45) is 1.92. The predicted octanol–water partition coefficient (Wildman–Crippen LogP) is 3.28. The van der Waals surface area contributed by atoms with Crippen molar-refractivity contribution >= 4 is 5.69 Å². The van der Waals surface area contributed by atoms with Gasteiger partial charge >= 0.3 is 0 Å². The van der Waals surface area contributed by atoms with E-state index in [0.717, 1.165) is 29.0 Å². The van der Waals surface area contributed by atoms with E-state index in [4.69, 9.17) is 4.74 Å². The quantitative estimate of drug-likeness (QED) is 0.517. The van der Waals surface area contributed by atoms with Crippen LogP contribution in [0.25, 0.3) is 0 Å². The average molecular weight is 313 g/mol. The Hall–Kier alpha value is -2.46. The summed E-state index contributed by atoms with van der Waals surface area (Å²) in [6.45, 7) is 6.21. The number of anilines is 1. The smallest absolute Gasteiger partial charge is 0.122 e. The van der Waals surface area contributed by atoms with Crippen LogP contribution in [-0.4, -0.2) is 29.5 Å². The maximum absolute atomic E-state index is 10.1. The lowest BCUT2D eigenvalue weighted by Crippen LogP contribution is -2.26. The van der Waals surface area contributed by atoms with E-state index >= 15 is 0 Å². The van der Waals surface area contributed by atoms with Crippen molar-refractivity contribution in [2.24, 2.45) is 0 Å². The van der Waals surface area contributed by atoms with Crippen LogP contribution in [0.1, 0.15) is 11.1 Å². The van der Waals surface area contributed by atoms with Crippen molar-refractivity contribution in [3.63, 3.8) is 0 Å². The van der Waals surface area contributed by atoms with Crippen molar-refractivity contribution in [1.82, 2.24) is 0 Å². The SMILES string of the molecule is C=CCc1ccccc1OCC(O)CNc1ccc(O)cc1C. The van der Waals surface area contributed by atoms with Gasteiger partial charge in [0.1, 0.15) is 24.2 Å². The fraction of sp³-hybridized carbons (Fsp3) is 0.263. The van der Waals surface area contributed by atoms with Crippen molar-refractivity contribution in [3.8, 4) is 11.5 Å². The molecule has 0 saturated heterocycles. The van der Waals surface area contributed by atoms with Gasteiger partial charge in [-0.05, 0) is 48.7 Å². The monoisotopic (exact) mass is 313 g/mol. The number of para-hydroxylation sites is 1. The Morgan fingerprint density at radius 1 is 1.26 bits per heavy atom. The second-order valence-electron chi connectivity index (χ2n) is 5.45. The third-order valence-corrected chi connectivity index (χ3v) is 3.51. The number of nitrogens with one attached hydrogen (secondary N) is 1. The molecule has 0 aromatic heterocycles. The number of benzene rings is 2. The number of allylic oxidation sites excluding steroid dienone is 1. The Kier molecular flexibility index (Phi) is 6.06. The number of aromatic hydroxyl groups is 1. The first-order chi connectivity index (χ1) is 11.1. The van der Waals surface area contributed by atoms with Gasteiger partial charge in [0.2, 0.25) is 0 Å². The highest BCUT2D eigenvalue weighted by Gasteiger charge is 2.08. The normalized spacial score (nSPS) is 11.7. The largest absolute Gasteiger partial charge is 0.508 e. The van der Waals surface area contributed by atoms with Crippen LogP contribution >= 0.6 is 0 Å². The minimum absolute atomic E-state index is 0.207. The second-order valence-corrected chi connectivity index (χ2v) is 5.45. The molecule has 0 heterocycles. The number of aliphatic hydroxyl groups is 1. The highest BCUT2D eigenvalue weighted by Crippen LogP contribution is 2.21. The summed E-state index contributed by atoms with van der Waals surface area (Å²) in [7, 11) is 0. The van der Waals surface area contributed by atoms with Crippen LogP contribution in [0.5, 0.6) is 11.5 Å². The van der Waals surface area contributed by atoms with E-state index in [9.17, 15) is 10.2 Å². The van der Waals surface area contributed by atoms with Crippen LogP contribution in [0.3, 0.4) is 0 Å². The van der Waals surface area contributed by atoms with Gasteiger partial charge in [-0.1, -0.05) is 24.3 Å². The molecule has 0 spiro atoms. The summed E-state index contributed by atoms with van der Waals surface area (Å²) in [4.78, 5) is 0. The zero-order valence-corrected chi connectivity index (χ0v) is 13.3. The van der Waals surface area contributed by atoms with E-state index in [1.54, 1.807) is 18.2 Å². The maximum Gasteiger partial charge on any atom is 0.122 e. The summed E-state index contributed by atoms with van der Waals surface area (Å²) in [5.74, 6) is 1.00. The molecule has 0 amide bonds. The summed E-state index contributed by atoms with van der Waals surface area (Å²) in [6, 6.07) is 12.8. The Morgan fingerprint density at radius 3 is 2.78 bits per heavy atom. The lowest BCUT2D eigenvalue weighted by molar-refractivity contribution is 0.117. The molecule has 3 N–H and O–H groups in total. The molecule has 0 fully saturated rings. The van der Waals surface area contributed by atoms with Crippen molar-refractivity contribution in [1.29, 1.82) is 0 Å². The summed E-state index contributed by atoms with van der Waals surface area (Å²) in [5.41, 5.74) is 2.86. The van der Waals surface area contributed by atoms with Gasteiger partial charge in [0.15, 0.2) is 0 Å². The zero-order valence-electron chi connectivity index (χ0n) is 13.3. The number of aryl methyl sites for hydroxylation is 1. The first-order valence-electron chi connectivity index (χ1n) is 7.63. The van der Waals surface area contributed by atoms with Gasteiger partial charge in [-0.2, -0.15) is 0 Å². The molecule has 0 aliphatic carbocycles. The predicted molar refractivity (Wildman–Crippen MR) is 93.2 cm³/mol. The fourth-order valence-corrected chi connectivity index (χ4v) is 2.29. The molecule has 1 atom stereocenters. The third kappa shape index (κ3) is 5.04. The number of ether oxygens (including phenoxy) is 1. The number of hydrogen-bond donors (Lipinski definition) is 3. The molecule has 2 aromatic rings. The molecule has 122 valence electrons. The molecule has 4 nitrogen and oxygen atoms in total. The maximum atomic E-state index is 10.1. The van der Waals surface area contributed by atoms with E-state index in [1.165, 1.54) is 0 Å². The van der Waals surface area contributed by atoms with Crippen LogP contribution in [-0.2, 0) is 6.42 Å². The van der Waals surface area contributed by atoms with Crippen LogP contribution in [0.4, 0.5) is 5.69 Å². The summed E-state index contributed by atoms with van der Waals surface area (Å²) < 4.78 is 5.71. The Morgan fingerprint density at radius 2 is 2.04 bits per heavy atom. The van der Waals surface area contributed by atoms with Gasteiger partial charge in [0.05, 0.1) is 0 Å². The van der Waals surface area contributed by atoms with E-state index in [-0.39, 0.29) is 12.4 Å². The standard InChI is InChI=1S/C19H23NO3/c1-3-6-15-7-4-5-8-19(15)23-13-17(22)12-20-18-10-9-16(21)11-14(18)2/h3-5,7-11,17,20-22H,1,6,12-13H2,2H3. The van der Waals surface area contributed by atoms with Gasteiger partial charge in [-0.25, -0.2) is 0 Å². The van der Waals surface area contributed by atoms with Crippen molar-refractivity contribution < 1.29 is 14.9 Å². The summed E-state index contributed by atoms with van der Waals surface area (Å²) in [5, 5.41) is 22.6. The molecule has 1 unspecified atom stereocenters. The highest BCUT2D eigenvalue weighted by molar-refractivity contribution is 5.53. The van der Waals surface area contributed by atoms with Gasteiger partial charge < -0.3 is 20.3 Å². The lowest BCUT2D eigenvalue weighted by atomic mass is 10.1. The Bertz CT molecular complexity index is 655. The topological polar surface area (TPSA) is 61.7 Å². The number of phenolic OH excluding ortho intramolecular Hbond substituents is 1. The second kappa shape index (κ2) is 8.25. The first-order valence-corrected chi connectivity index (χ1v) is 7.63. The molecule has 0 bridgehead atoms. The minimum atomic E-state index is -0.639. The van der Waals surface area contributed by atoms with E-state index in [1.807, 2.05) is 37.3 Å². The van der Waals surface area contributed by atoms with E-state index in [2.05, 4.69) is 11.9 Å². The third-order valence-electron chi connectivity index (χ3n) is 3.51. The Balaban J connectivity index is 1.85. The average Bonchev–Trinajstić information content (AvgIpc) is 2.53. The van der Waals surface area contributed by atoms with Crippen LogP contribution in [0, 0.1) is 6.92 Å². The molecule has 2 aromatic carbocycles. The Labute approximate surface area is 137 Å². The zero-order chi connectivity index (χ0) is 16.7. The van der Waals surface area contributed by atoms with Gasteiger partial charge in [0.25, 0.3) is 0 Å². The highest BCUT2D eigenvalue weighted by atomic mass is 16.5. The summed E-state index contributed by atoms with van der Waals surface area (Å²) >= 11 is 0. The van der Waals surface area contributed by atoms with E-state index in [0.29, 0.717) is 6.54 Å². The van der Waals surface area contributed by atoms with Crippen molar-refractivity contribution in [2.45, 2.75) is 19.4 Å². The lowest BCUT2D eigenvalue weighted by Gasteiger charge is -2.16.